The van der Waals surface area contributed by atoms with Crippen LogP contribution in [0.5, 0.6) is 0 Å². The molecule has 1 aliphatic rings. The van der Waals surface area contributed by atoms with E-state index in [-0.39, 0.29) is 23.1 Å². The summed E-state index contributed by atoms with van der Waals surface area (Å²) in [5, 5.41) is 11.7. The lowest BCUT2D eigenvalue weighted by molar-refractivity contribution is -0.384. The van der Waals surface area contributed by atoms with Crippen molar-refractivity contribution in [3.63, 3.8) is 0 Å². The Kier molecular flexibility index (Phi) is 4.56. The standard InChI is InChI=1S/C13H13BrN2O5/c1-21-13(18)9-3-10(5-11(4-9)16(19)20)15-7-8(6-14)2-12(15)17/h3-5,8H,2,6-7H2,1H3. The summed E-state index contributed by atoms with van der Waals surface area (Å²) >= 11 is 3.33. The van der Waals surface area contributed by atoms with E-state index in [1.807, 2.05) is 0 Å². The van der Waals surface area contributed by atoms with Crippen LogP contribution in [0.4, 0.5) is 11.4 Å². The van der Waals surface area contributed by atoms with Crippen molar-refractivity contribution in [2.75, 3.05) is 23.9 Å². The van der Waals surface area contributed by atoms with Crippen molar-refractivity contribution in [2.45, 2.75) is 6.42 Å². The van der Waals surface area contributed by atoms with Gasteiger partial charge in [-0.1, -0.05) is 15.9 Å². The fraction of sp³-hybridized carbons (Fsp3) is 0.385. The van der Waals surface area contributed by atoms with E-state index in [4.69, 9.17) is 0 Å². The molecule has 1 fully saturated rings. The second kappa shape index (κ2) is 6.21. The van der Waals surface area contributed by atoms with Gasteiger partial charge in [0.05, 0.1) is 23.3 Å². The number of amides is 1. The van der Waals surface area contributed by atoms with Crippen molar-refractivity contribution >= 4 is 39.2 Å². The maximum Gasteiger partial charge on any atom is 0.338 e. The lowest BCUT2D eigenvalue weighted by atomic mass is 10.1. The van der Waals surface area contributed by atoms with Crippen LogP contribution in [-0.2, 0) is 9.53 Å². The number of rotatable bonds is 4. The van der Waals surface area contributed by atoms with Crippen LogP contribution in [0.1, 0.15) is 16.8 Å². The van der Waals surface area contributed by atoms with Crippen LogP contribution in [0.3, 0.4) is 0 Å². The highest BCUT2D eigenvalue weighted by Gasteiger charge is 2.31. The van der Waals surface area contributed by atoms with Gasteiger partial charge in [0, 0.05) is 30.4 Å². The van der Waals surface area contributed by atoms with E-state index in [0.29, 0.717) is 24.0 Å². The van der Waals surface area contributed by atoms with Crippen molar-refractivity contribution in [1.29, 1.82) is 0 Å². The van der Waals surface area contributed by atoms with Gasteiger partial charge in [-0.15, -0.1) is 0 Å². The van der Waals surface area contributed by atoms with Crippen LogP contribution < -0.4 is 4.90 Å². The zero-order chi connectivity index (χ0) is 15.6. The van der Waals surface area contributed by atoms with Crippen molar-refractivity contribution in [2.24, 2.45) is 5.92 Å². The van der Waals surface area contributed by atoms with Crippen LogP contribution in [0, 0.1) is 16.0 Å². The SMILES string of the molecule is COC(=O)c1cc(N2CC(CBr)CC2=O)cc([N+](=O)[O-])c1. The van der Waals surface area contributed by atoms with Gasteiger partial charge in [-0.2, -0.15) is 0 Å². The average Bonchev–Trinajstić information content (AvgIpc) is 2.87. The molecular formula is C13H13BrN2O5. The van der Waals surface area contributed by atoms with Crippen LogP contribution >= 0.6 is 15.9 Å². The maximum absolute atomic E-state index is 12.0. The number of benzene rings is 1. The zero-order valence-corrected chi connectivity index (χ0v) is 12.8. The number of anilines is 1. The number of carbonyl (C=O) groups is 2. The highest BCUT2D eigenvalue weighted by molar-refractivity contribution is 9.09. The maximum atomic E-state index is 12.0. The topological polar surface area (TPSA) is 89.8 Å². The smallest absolute Gasteiger partial charge is 0.338 e. The summed E-state index contributed by atoms with van der Waals surface area (Å²) in [6.07, 6.45) is 0.376. The predicted octanol–water partition coefficient (Wildman–Crippen LogP) is 2.13. The third-order valence-electron chi connectivity index (χ3n) is 3.27. The molecule has 7 nitrogen and oxygen atoms in total. The molecule has 8 heteroatoms. The first kappa shape index (κ1) is 15.4. The van der Waals surface area contributed by atoms with Crippen LogP contribution in [0.2, 0.25) is 0 Å². The van der Waals surface area contributed by atoms with Crippen LogP contribution in [0.25, 0.3) is 0 Å². The number of nitro benzene ring substituents is 1. The molecule has 1 aromatic carbocycles. The summed E-state index contributed by atoms with van der Waals surface area (Å²) in [4.78, 5) is 35.4. The molecule has 0 radical (unpaired) electrons. The van der Waals surface area contributed by atoms with Crippen molar-refractivity contribution in [3.05, 3.63) is 33.9 Å². The van der Waals surface area contributed by atoms with Gasteiger partial charge in [0.15, 0.2) is 0 Å². The average molecular weight is 357 g/mol. The lowest BCUT2D eigenvalue weighted by Crippen LogP contribution is -2.25. The minimum absolute atomic E-state index is 0.0526. The second-order valence-corrected chi connectivity index (χ2v) is 5.36. The number of nitro groups is 1. The largest absolute Gasteiger partial charge is 0.465 e. The molecule has 0 spiro atoms. The Morgan fingerprint density at radius 3 is 2.76 bits per heavy atom. The molecule has 0 aliphatic carbocycles. The Labute approximate surface area is 129 Å². The molecule has 1 atom stereocenters. The summed E-state index contributed by atoms with van der Waals surface area (Å²) in [5.41, 5.74) is 0.151. The number of halogens is 1. The van der Waals surface area contributed by atoms with Gasteiger partial charge < -0.3 is 9.64 Å². The minimum Gasteiger partial charge on any atom is -0.465 e. The Morgan fingerprint density at radius 2 is 2.24 bits per heavy atom. The number of hydrogen-bond donors (Lipinski definition) is 0. The van der Waals surface area contributed by atoms with Crippen LogP contribution in [-0.4, -0.2) is 35.8 Å². The molecule has 1 aliphatic heterocycles. The molecule has 2 rings (SSSR count). The van der Waals surface area contributed by atoms with Gasteiger partial charge in [0.1, 0.15) is 0 Å². The van der Waals surface area contributed by atoms with E-state index in [9.17, 15) is 19.7 Å². The number of carbonyl (C=O) groups excluding carboxylic acids is 2. The molecule has 0 saturated carbocycles. The van der Waals surface area contributed by atoms with E-state index >= 15 is 0 Å². The Morgan fingerprint density at radius 1 is 1.52 bits per heavy atom. The third kappa shape index (κ3) is 3.21. The van der Waals surface area contributed by atoms with Gasteiger partial charge in [-0.05, 0) is 12.0 Å². The van der Waals surface area contributed by atoms with E-state index in [1.54, 1.807) is 0 Å². The Hall–Kier alpha value is -1.96. The highest BCUT2D eigenvalue weighted by Crippen LogP contribution is 2.30. The summed E-state index contributed by atoms with van der Waals surface area (Å²) in [6, 6.07) is 3.87. The number of esters is 1. The van der Waals surface area contributed by atoms with Gasteiger partial charge in [0.2, 0.25) is 5.91 Å². The zero-order valence-electron chi connectivity index (χ0n) is 11.2. The van der Waals surface area contributed by atoms with Gasteiger partial charge in [0.25, 0.3) is 5.69 Å². The number of non-ortho nitro benzene ring substituents is 1. The van der Waals surface area contributed by atoms with Crippen molar-refractivity contribution in [1.82, 2.24) is 0 Å². The van der Waals surface area contributed by atoms with Crippen LogP contribution in [0.15, 0.2) is 18.2 Å². The molecule has 112 valence electrons. The quantitative estimate of drug-likeness (QED) is 0.356. The van der Waals surface area contributed by atoms with E-state index in [0.717, 1.165) is 6.07 Å². The summed E-state index contributed by atoms with van der Waals surface area (Å²) in [5.74, 6) is -0.641. The predicted molar refractivity (Wildman–Crippen MR) is 78.7 cm³/mol. The molecule has 0 aromatic heterocycles. The summed E-state index contributed by atoms with van der Waals surface area (Å²) < 4.78 is 4.59. The molecule has 1 heterocycles. The Bertz CT molecular complexity index is 604. The van der Waals surface area contributed by atoms with Gasteiger partial charge >= 0.3 is 5.97 Å². The van der Waals surface area contributed by atoms with E-state index in [1.165, 1.54) is 24.1 Å². The van der Waals surface area contributed by atoms with E-state index < -0.39 is 10.9 Å². The number of nitrogens with zero attached hydrogens (tertiary/aromatic N) is 2. The van der Waals surface area contributed by atoms with E-state index in [2.05, 4.69) is 20.7 Å². The molecule has 1 aromatic rings. The Balaban J connectivity index is 2.43. The number of methoxy groups -OCH3 is 1. The van der Waals surface area contributed by atoms with Crippen molar-refractivity contribution < 1.29 is 19.2 Å². The first-order valence-electron chi connectivity index (χ1n) is 6.20. The number of ether oxygens (including phenoxy) is 1. The highest BCUT2D eigenvalue weighted by atomic mass is 79.9. The molecule has 1 unspecified atom stereocenters. The monoisotopic (exact) mass is 356 g/mol. The molecule has 0 N–H and O–H groups in total. The van der Waals surface area contributed by atoms with Gasteiger partial charge in [-0.3, -0.25) is 14.9 Å². The second-order valence-electron chi connectivity index (χ2n) is 4.72. The van der Waals surface area contributed by atoms with Gasteiger partial charge in [-0.25, -0.2) is 4.79 Å². The summed E-state index contributed by atoms with van der Waals surface area (Å²) in [7, 11) is 1.20. The molecule has 0 bridgehead atoms. The molecule has 1 amide bonds. The fourth-order valence-electron chi connectivity index (χ4n) is 2.23. The number of hydrogen-bond acceptors (Lipinski definition) is 5. The molecular weight excluding hydrogens is 344 g/mol. The minimum atomic E-state index is -0.677. The molecule has 1 saturated heterocycles. The number of alkyl halides is 1. The summed E-state index contributed by atoms with van der Waals surface area (Å²) in [6.45, 7) is 0.464. The third-order valence-corrected chi connectivity index (χ3v) is 4.19. The van der Waals surface area contributed by atoms with Crippen molar-refractivity contribution in [3.8, 4) is 0 Å². The first-order chi connectivity index (χ1) is 9.96. The lowest BCUT2D eigenvalue weighted by Gasteiger charge is -2.17. The first-order valence-corrected chi connectivity index (χ1v) is 7.32. The molecule has 21 heavy (non-hydrogen) atoms. The normalized spacial score (nSPS) is 17.9. The fourth-order valence-corrected chi connectivity index (χ4v) is 2.66.